The lowest BCUT2D eigenvalue weighted by Gasteiger charge is -2.34. The molecule has 0 aliphatic carbocycles. The van der Waals surface area contributed by atoms with E-state index in [1.54, 1.807) is 18.3 Å². The maximum Gasteiger partial charge on any atom is 0.246 e. The zero-order valence-corrected chi connectivity index (χ0v) is 14.9. The number of nitrogens with zero attached hydrogens (tertiary/aromatic N) is 5. The van der Waals surface area contributed by atoms with Gasteiger partial charge < -0.3 is 9.80 Å². The van der Waals surface area contributed by atoms with Crippen LogP contribution in [-0.4, -0.2) is 51.4 Å². The molecule has 0 N–H and O–H groups in total. The fourth-order valence-electron chi connectivity index (χ4n) is 3.09. The molecule has 0 spiro atoms. The predicted molar refractivity (Wildman–Crippen MR) is 102 cm³/mol. The molecule has 0 atom stereocenters. The second-order valence-corrected chi connectivity index (χ2v) is 6.41. The third kappa shape index (κ3) is 3.28. The molecular formula is C19H18ClN5O. The van der Waals surface area contributed by atoms with Crippen molar-refractivity contribution in [1.29, 1.82) is 0 Å². The third-order valence-corrected chi connectivity index (χ3v) is 4.75. The van der Waals surface area contributed by atoms with Crippen LogP contribution in [0.3, 0.4) is 0 Å². The van der Waals surface area contributed by atoms with Gasteiger partial charge in [0.2, 0.25) is 5.91 Å². The summed E-state index contributed by atoms with van der Waals surface area (Å²) in [5, 5.41) is 0.389. The Balaban J connectivity index is 1.42. The van der Waals surface area contributed by atoms with E-state index >= 15 is 0 Å². The normalized spacial score (nSPS) is 15.1. The molecule has 1 aliphatic heterocycles. The van der Waals surface area contributed by atoms with Crippen molar-refractivity contribution in [3.05, 3.63) is 65.7 Å². The Hall–Kier alpha value is -2.86. The first kappa shape index (κ1) is 16.6. The van der Waals surface area contributed by atoms with Gasteiger partial charge in [0, 0.05) is 44.6 Å². The zero-order valence-electron chi connectivity index (χ0n) is 14.1. The topological polar surface area (TPSA) is 53.7 Å². The van der Waals surface area contributed by atoms with Gasteiger partial charge in [0.25, 0.3) is 0 Å². The van der Waals surface area contributed by atoms with Gasteiger partial charge in [0.15, 0.2) is 5.15 Å². The third-order valence-electron chi connectivity index (χ3n) is 4.47. The van der Waals surface area contributed by atoms with Crippen LogP contribution in [0.2, 0.25) is 5.15 Å². The Kier molecular flexibility index (Phi) is 4.58. The van der Waals surface area contributed by atoms with E-state index in [2.05, 4.69) is 14.9 Å². The van der Waals surface area contributed by atoms with Crippen molar-refractivity contribution < 1.29 is 4.79 Å². The second kappa shape index (κ2) is 7.17. The average molecular weight is 368 g/mol. The van der Waals surface area contributed by atoms with Crippen LogP contribution < -0.4 is 4.90 Å². The highest BCUT2D eigenvalue weighted by molar-refractivity contribution is 6.31. The van der Waals surface area contributed by atoms with E-state index in [4.69, 9.17) is 11.6 Å². The summed E-state index contributed by atoms with van der Waals surface area (Å²) in [5.74, 6) is 0.931. The minimum atomic E-state index is -0.0207. The minimum Gasteiger partial charge on any atom is -0.353 e. The summed E-state index contributed by atoms with van der Waals surface area (Å²) in [5.41, 5.74) is 1.47. The van der Waals surface area contributed by atoms with Crippen LogP contribution >= 0.6 is 11.6 Å². The number of pyridine rings is 2. The molecular weight excluding hydrogens is 350 g/mol. The highest BCUT2D eigenvalue weighted by atomic mass is 35.5. The van der Waals surface area contributed by atoms with E-state index < -0.39 is 0 Å². The van der Waals surface area contributed by atoms with Gasteiger partial charge in [-0.2, -0.15) is 0 Å². The molecule has 1 amide bonds. The summed E-state index contributed by atoms with van der Waals surface area (Å²) in [6.45, 7) is 2.88. The monoisotopic (exact) mass is 367 g/mol. The van der Waals surface area contributed by atoms with Crippen molar-refractivity contribution >= 4 is 35.0 Å². The standard InChI is InChI=1S/C19H18ClN5O/c20-19-15(25-10-4-2-6-17(25)22-19)7-8-18(26)24-13-11-23(12-14-24)16-5-1-3-9-21-16/h1-10H,11-14H2. The molecule has 0 aromatic carbocycles. The first-order valence-electron chi connectivity index (χ1n) is 8.48. The van der Waals surface area contributed by atoms with Gasteiger partial charge in [-0.3, -0.25) is 9.20 Å². The van der Waals surface area contributed by atoms with E-state index in [0.29, 0.717) is 23.9 Å². The maximum atomic E-state index is 12.5. The number of hydrogen-bond acceptors (Lipinski definition) is 4. The van der Waals surface area contributed by atoms with Crippen LogP contribution in [0.5, 0.6) is 0 Å². The number of aromatic nitrogens is 3. The number of piperazine rings is 1. The van der Waals surface area contributed by atoms with E-state index in [9.17, 15) is 4.79 Å². The highest BCUT2D eigenvalue weighted by Gasteiger charge is 2.20. The van der Waals surface area contributed by atoms with Crippen LogP contribution in [0, 0.1) is 0 Å². The summed E-state index contributed by atoms with van der Waals surface area (Å²) in [4.78, 5) is 25.2. The Labute approximate surface area is 156 Å². The lowest BCUT2D eigenvalue weighted by atomic mass is 10.3. The predicted octanol–water partition coefficient (Wildman–Crippen LogP) is 2.74. The average Bonchev–Trinajstić information content (AvgIpc) is 3.02. The van der Waals surface area contributed by atoms with Gasteiger partial charge in [-0.25, -0.2) is 9.97 Å². The number of anilines is 1. The van der Waals surface area contributed by atoms with Crippen molar-refractivity contribution in [2.45, 2.75) is 0 Å². The molecule has 0 bridgehead atoms. The molecule has 0 radical (unpaired) electrons. The SMILES string of the molecule is O=C(C=Cc1c(Cl)nc2ccccn12)N1CCN(c2ccccn2)CC1. The number of halogens is 1. The van der Waals surface area contributed by atoms with Gasteiger partial charge in [-0.15, -0.1) is 0 Å². The Morgan fingerprint density at radius 1 is 1.08 bits per heavy atom. The molecule has 0 saturated carbocycles. The van der Waals surface area contributed by atoms with Crippen LogP contribution in [0.15, 0.2) is 54.9 Å². The molecule has 0 unspecified atom stereocenters. The molecule has 7 heteroatoms. The number of carbonyl (C=O) groups excluding carboxylic acids is 1. The lowest BCUT2D eigenvalue weighted by molar-refractivity contribution is -0.126. The number of hydrogen-bond donors (Lipinski definition) is 0. The van der Waals surface area contributed by atoms with Gasteiger partial charge in [0.05, 0.1) is 5.69 Å². The number of imidazole rings is 1. The molecule has 4 heterocycles. The fraction of sp³-hybridized carbons (Fsp3) is 0.211. The van der Waals surface area contributed by atoms with Crippen LogP contribution in [0.1, 0.15) is 5.69 Å². The largest absolute Gasteiger partial charge is 0.353 e. The van der Waals surface area contributed by atoms with Crippen molar-refractivity contribution in [2.75, 3.05) is 31.1 Å². The summed E-state index contributed by atoms with van der Waals surface area (Å²) in [7, 11) is 0. The van der Waals surface area contributed by atoms with E-state index in [-0.39, 0.29) is 5.91 Å². The molecule has 1 fully saturated rings. The molecule has 3 aromatic rings. The summed E-state index contributed by atoms with van der Waals surface area (Å²) >= 11 is 6.20. The fourth-order valence-corrected chi connectivity index (χ4v) is 3.33. The molecule has 1 aliphatic rings. The second-order valence-electron chi connectivity index (χ2n) is 6.05. The summed E-state index contributed by atoms with van der Waals surface area (Å²) in [6.07, 6.45) is 6.97. The van der Waals surface area contributed by atoms with Gasteiger partial charge >= 0.3 is 0 Å². The van der Waals surface area contributed by atoms with E-state index in [1.807, 2.05) is 51.9 Å². The molecule has 26 heavy (non-hydrogen) atoms. The lowest BCUT2D eigenvalue weighted by Crippen LogP contribution is -2.48. The quantitative estimate of drug-likeness (QED) is 0.668. The van der Waals surface area contributed by atoms with Crippen molar-refractivity contribution in [2.24, 2.45) is 0 Å². The first-order chi connectivity index (χ1) is 12.7. The Bertz CT molecular complexity index is 945. The Morgan fingerprint density at radius 3 is 2.65 bits per heavy atom. The van der Waals surface area contributed by atoms with Gasteiger partial charge in [-0.1, -0.05) is 23.7 Å². The van der Waals surface area contributed by atoms with Crippen molar-refractivity contribution in [3.63, 3.8) is 0 Å². The molecule has 3 aromatic heterocycles. The zero-order chi connectivity index (χ0) is 17.9. The molecule has 132 valence electrons. The highest BCUT2D eigenvalue weighted by Crippen LogP contribution is 2.19. The smallest absolute Gasteiger partial charge is 0.246 e. The number of carbonyl (C=O) groups is 1. The van der Waals surface area contributed by atoms with Gasteiger partial charge in [0.1, 0.15) is 11.5 Å². The van der Waals surface area contributed by atoms with Crippen LogP contribution in [0.4, 0.5) is 5.82 Å². The van der Waals surface area contributed by atoms with Crippen molar-refractivity contribution in [1.82, 2.24) is 19.3 Å². The number of amides is 1. The summed E-state index contributed by atoms with van der Waals surface area (Å²) in [6, 6.07) is 11.5. The number of fused-ring (bicyclic) bond motifs is 1. The van der Waals surface area contributed by atoms with Crippen molar-refractivity contribution in [3.8, 4) is 0 Å². The first-order valence-corrected chi connectivity index (χ1v) is 8.86. The molecule has 1 saturated heterocycles. The molecule has 6 nitrogen and oxygen atoms in total. The maximum absolute atomic E-state index is 12.5. The molecule has 4 rings (SSSR count). The summed E-state index contributed by atoms with van der Waals surface area (Å²) < 4.78 is 1.87. The number of rotatable bonds is 3. The van der Waals surface area contributed by atoms with E-state index in [0.717, 1.165) is 24.6 Å². The van der Waals surface area contributed by atoms with Crippen LogP contribution in [0.25, 0.3) is 11.7 Å². The van der Waals surface area contributed by atoms with E-state index in [1.165, 1.54) is 0 Å². The van der Waals surface area contributed by atoms with Crippen LogP contribution in [-0.2, 0) is 4.79 Å². The Morgan fingerprint density at radius 2 is 1.88 bits per heavy atom. The van der Waals surface area contributed by atoms with Gasteiger partial charge in [-0.05, 0) is 30.3 Å². The minimum absolute atomic E-state index is 0.0207.